The van der Waals surface area contributed by atoms with Crippen LogP contribution in [0.15, 0.2) is 18.2 Å². The number of hydrogen-bond donors (Lipinski definition) is 1. The lowest BCUT2D eigenvalue weighted by Crippen LogP contribution is -2.18. The number of methoxy groups -OCH3 is 1. The number of alkyl halides is 2. The molecule has 1 aliphatic rings. The first-order chi connectivity index (χ1) is 9.15. The zero-order valence-corrected chi connectivity index (χ0v) is 13.6. The topological polar surface area (TPSA) is 38.3 Å². The molecule has 0 aromatic heterocycles. The van der Waals surface area contributed by atoms with Gasteiger partial charge in [0.2, 0.25) is 5.91 Å². The number of nitrogens with one attached hydrogen (secondary N) is 1. The summed E-state index contributed by atoms with van der Waals surface area (Å²) < 4.78 is 4.37. The molecule has 0 saturated heterocycles. The molecule has 0 aliphatic heterocycles. The molecule has 1 aliphatic carbocycles. The van der Waals surface area contributed by atoms with Crippen molar-refractivity contribution in [3.8, 4) is 5.75 Å². The highest BCUT2D eigenvalue weighted by atomic mass is 35.5. The lowest BCUT2D eigenvalue weighted by atomic mass is 9.87. The SMILES string of the molecule is COc1ccc(C(C)(C)C)cc1NC(=O)[C@H]1CC1(Cl)Cl. The van der Waals surface area contributed by atoms with Gasteiger partial charge in [-0.15, -0.1) is 23.2 Å². The summed E-state index contributed by atoms with van der Waals surface area (Å²) in [6.07, 6.45) is 0.489. The minimum atomic E-state index is -0.918. The number of amides is 1. The van der Waals surface area contributed by atoms with Gasteiger partial charge in [0.05, 0.1) is 18.7 Å². The Bertz CT molecular complexity index is 535. The molecule has 0 bridgehead atoms. The normalized spacial score (nSPS) is 20.4. The van der Waals surface area contributed by atoms with Crippen molar-refractivity contribution in [3.63, 3.8) is 0 Å². The highest BCUT2D eigenvalue weighted by molar-refractivity contribution is 6.52. The Morgan fingerprint density at radius 2 is 2.00 bits per heavy atom. The summed E-state index contributed by atoms with van der Waals surface area (Å²) in [6, 6.07) is 5.79. The molecule has 1 saturated carbocycles. The van der Waals surface area contributed by atoms with Crippen molar-refractivity contribution >= 4 is 34.8 Å². The standard InChI is InChI=1S/C15H19Cl2NO2/c1-14(2,3)9-5-6-12(20-4)11(7-9)18-13(19)10-8-15(10,16)17/h5-7,10H,8H2,1-4H3,(H,18,19)/t10-/m1/s1. The maximum absolute atomic E-state index is 12.1. The zero-order valence-electron chi connectivity index (χ0n) is 12.1. The predicted octanol–water partition coefficient (Wildman–Crippen LogP) is 4.13. The minimum Gasteiger partial charge on any atom is -0.495 e. The van der Waals surface area contributed by atoms with Crippen molar-refractivity contribution in [2.45, 2.75) is 36.9 Å². The molecular weight excluding hydrogens is 297 g/mol. The molecule has 0 unspecified atom stereocenters. The summed E-state index contributed by atoms with van der Waals surface area (Å²) in [5, 5.41) is 2.86. The average molecular weight is 316 g/mol. The van der Waals surface area contributed by atoms with Crippen LogP contribution in [-0.2, 0) is 10.2 Å². The van der Waals surface area contributed by atoms with Crippen LogP contribution in [0, 0.1) is 5.92 Å². The fourth-order valence-electron chi connectivity index (χ4n) is 1.99. The van der Waals surface area contributed by atoms with Crippen LogP contribution in [0.2, 0.25) is 0 Å². The summed E-state index contributed by atoms with van der Waals surface area (Å²) in [4.78, 5) is 12.1. The van der Waals surface area contributed by atoms with E-state index in [2.05, 4.69) is 26.1 Å². The van der Waals surface area contributed by atoms with Gasteiger partial charge in [-0.25, -0.2) is 0 Å². The van der Waals surface area contributed by atoms with Gasteiger partial charge in [0.1, 0.15) is 10.1 Å². The lowest BCUT2D eigenvalue weighted by molar-refractivity contribution is -0.117. The summed E-state index contributed by atoms with van der Waals surface area (Å²) >= 11 is 11.8. The number of rotatable bonds is 3. The second kappa shape index (κ2) is 5.12. The van der Waals surface area contributed by atoms with Crippen LogP contribution in [-0.4, -0.2) is 17.4 Å². The van der Waals surface area contributed by atoms with Gasteiger partial charge in [-0.2, -0.15) is 0 Å². The van der Waals surface area contributed by atoms with Gasteiger partial charge in [0.15, 0.2) is 0 Å². The van der Waals surface area contributed by atoms with Crippen LogP contribution < -0.4 is 10.1 Å². The van der Waals surface area contributed by atoms with E-state index >= 15 is 0 Å². The number of carbonyl (C=O) groups is 1. The maximum atomic E-state index is 12.1. The summed E-state index contributed by atoms with van der Waals surface area (Å²) in [5.41, 5.74) is 1.77. The number of hydrogen-bond acceptors (Lipinski definition) is 2. The van der Waals surface area contributed by atoms with Crippen molar-refractivity contribution in [1.29, 1.82) is 0 Å². The zero-order chi connectivity index (χ0) is 15.1. The maximum Gasteiger partial charge on any atom is 0.230 e. The van der Waals surface area contributed by atoms with Crippen molar-refractivity contribution in [1.82, 2.24) is 0 Å². The van der Waals surface area contributed by atoms with E-state index in [1.165, 1.54) is 0 Å². The first kappa shape index (κ1) is 15.5. The summed E-state index contributed by atoms with van der Waals surface area (Å²) in [6.45, 7) is 6.34. The van der Waals surface area contributed by atoms with Gasteiger partial charge in [-0.3, -0.25) is 4.79 Å². The summed E-state index contributed by atoms with van der Waals surface area (Å²) in [7, 11) is 1.58. The monoisotopic (exact) mass is 315 g/mol. The van der Waals surface area contributed by atoms with Crippen LogP contribution in [0.4, 0.5) is 5.69 Å². The molecule has 0 heterocycles. The van der Waals surface area contributed by atoms with Crippen molar-refractivity contribution in [2.24, 2.45) is 5.92 Å². The number of benzene rings is 1. The largest absolute Gasteiger partial charge is 0.495 e. The second-order valence-corrected chi connectivity index (χ2v) is 7.71. The fourth-order valence-corrected chi connectivity index (χ4v) is 2.50. The van der Waals surface area contributed by atoms with Gasteiger partial charge in [0, 0.05) is 0 Å². The lowest BCUT2D eigenvalue weighted by Gasteiger charge is -2.21. The van der Waals surface area contributed by atoms with Crippen LogP contribution in [0.3, 0.4) is 0 Å². The van der Waals surface area contributed by atoms with Crippen molar-refractivity contribution < 1.29 is 9.53 Å². The molecule has 0 spiro atoms. The molecule has 1 fully saturated rings. The van der Waals surface area contributed by atoms with Gasteiger partial charge < -0.3 is 10.1 Å². The third-order valence-corrected chi connectivity index (χ3v) is 4.30. The van der Waals surface area contributed by atoms with Gasteiger partial charge in [-0.05, 0) is 29.5 Å². The number of carbonyl (C=O) groups excluding carboxylic acids is 1. The van der Waals surface area contributed by atoms with Gasteiger partial charge in [-0.1, -0.05) is 26.8 Å². The van der Waals surface area contributed by atoms with E-state index in [9.17, 15) is 4.79 Å². The third-order valence-electron chi connectivity index (χ3n) is 3.47. The fraction of sp³-hybridized carbons (Fsp3) is 0.533. The van der Waals surface area contributed by atoms with Crippen molar-refractivity contribution in [3.05, 3.63) is 23.8 Å². The molecule has 3 nitrogen and oxygen atoms in total. The average Bonchev–Trinajstić information content (AvgIpc) is 2.97. The Labute approximate surface area is 129 Å². The molecule has 5 heteroatoms. The first-order valence-corrected chi connectivity index (χ1v) is 7.28. The van der Waals surface area contributed by atoms with Crippen LogP contribution in [0.25, 0.3) is 0 Å². The van der Waals surface area contributed by atoms with E-state index in [1.807, 2.05) is 18.2 Å². The molecule has 1 amide bonds. The van der Waals surface area contributed by atoms with E-state index in [0.717, 1.165) is 5.56 Å². The number of halogens is 2. The highest BCUT2D eigenvalue weighted by Crippen LogP contribution is 2.53. The van der Waals surface area contributed by atoms with E-state index in [4.69, 9.17) is 27.9 Å². The Kier molecular flexibility index (Phi) is 3.96. The molecule has 2 rings (SSSR count). The first-order valence-electron chi connectivity index (χ1n) is 6.52. The number of anilines is 1. The molecule has 110 valence electrons. The van der Waals surface area contributed by atoms with Crippen LogP contribution in [0.1, 0.15) is 32.8 Å². The van der Waals surface area contributed by atoms with Gasteiger partial charge >= 0.3 is 0 Å². The summed E-state index contributed by atoms with van der Waals surface area (Å²) in [5.74, 6) is 0.106. The molecule has 0 radical (unpaired) electrons. The molecule has 1 aromatic rings. The predicted molar refractivity (Wildman–Crippen MR) is 82.9 cm³/mol. The Hall–Kier alpha value is -0.930. The molecule has 1 atom stereocenters. The number of ether oxygens (including phenoxy) is 1. The van der Waals surface area contributed by atoms with E-state index in [1.54, 1.807) is 7.11 Å². The van der Waals surface area contributed by atoms with E-state index in [0.29, 0.717) is 17.9 Å². The highest BCUT2D eigenvalue weighted by Gasteiger charge is 2.56. The Morgan fingerprint density at radius 1 is 1.40 bits per heavy atom. The Morgan fingerprint density at radius 3 is 2.45 bits per heavy atom. The smallest absolute Gasteiger partial charge is 0.230 e. The molecule has 1 N–H and O–H groups in total. The van der Waals surface area contributed by atoms with Gasteiger partial charge in [0.25, 0.3) is 0 Å². The van der Waals surface area contributed by atoms with E-state index in [-0.39, 0.29) is 17.2 Å². The van der Waals surface area contributed by atoms with Crippen LogP contribution >= 0.6 is 23.2 Å². The Balaban J connectivity index is 2.23. The molecule has 20 heavy (non-hydrogen) atoms. The second-order valence-electron chi connectivity index (χ2n) is 6.17. The minimum absolute atomic E-state index is 0.00590. The third kappa shape index (κ3) is 3.21. The quantitative estimate of drug-likeness (QED) is 0.852. The molecular formula is C15H19Cl2NO2. The molecule has 1 aromatic carbocycles. The van der Waals surface area contributed by atoms with Crippen molar-refractivity contribution in [2.75, 3.05) is 12.4 Å². The van der Waals surface area contributed by atoms with E-state index < -0.39 is 4.33 Å². The van der Waals surface area contributed by atoms with Crippen LogP contribution in [0.5, 0.6) is 5.75 Å².